The van der Waals surface area contributed by atoms with Gasteiger partial charge in [0, 0.05) is 51.1 Å². The fraction of sp³-hybridized carbons (Fsp3) is 0.146. The Morgan fingerprint density at radius 3 is 2.35 bits per heavy atom. The maximum absolute atomic E-state index is 8.13. The van der Waals surface area contributed by atoms with Gasteiger partial charge in [-0.05, 0) is 52.2 Å². The number of pyridine rings is 2. The van der Waals surface area contributed by atoms with Crippen molar-refractivity contribution in [3.63, 3.8) is 0 Å². The number of imidazole rings is 1. The second-order valence-electron chi connectivity index (χ2n) is 12.4. The topological polar surface area (TPSA) is 43.6 Å². The Hall–Kier alpha value is -4.26. The van der Waals surface area contributed by atoms with E-state index < -0.39 is 21.8 Å². The van der Waals surface area contributed by atoms with Crippen molar-refractivity contribution in [3.8, 4) is 28.3 Å². The van der Waals surface area contributed by atoms with Gasteiger partial charge in [0.2, 0.25) is 0 Å². The molecule has 8 aromatic rings. The number of aryl methyl sites for hydroxylation is 3. The third kappa shape index (κ3) is 6.44. The summed E-state index contributed by atoms with van der Waals surface area (Å²) in [6.45, 7) is 4.49. The summed E-state index contributed by atoms with van der Waals surface area (Å²) < 4.78 is 50.4. The molecule has 0 aliphatic carbocycles. The van der Waals surface area contributed by atoms with Crippen molar-refractivity contribution in [1.82, 2.24) is 19.5 Å². The van der Waals surface area contributed by atoms with Crippen LogP contribution in [0.5, 0.6) is 0 Å². The number of para-hydroxylation sites is 1. The van der Waals surface area contributed by atoms with E-state index in [2.05, 4.69) is 52.4 Å². The first-order valence-electron chi connectivity index (χ1n) is 18.4. The fourth-order valence-electron chi connectivity index (χ4n) is 5.70. The quantitative estimate of drug-likeness (QED) is 0.131. The first kappa shape index (κ1) is 26.7. The van der Waals surface area contributed by atoms with Gasteiger partial charge in [0.15, 0.2) is 0 Å². The first-order valence-corrected chi connectivity index (χ1v) is 19.7. The molecule has 8 rings (SSSR count). The Morgan fingerprint density at radius 1 is 0.833 bits per heavy atom. The molecule has 0 spiro atoms. The largest absolute Gasteiger partial charge is 0.332 e. The number of fused-ring (bicyclic) bond motifs is 4. The van der Waals surface area contributed by atoms with Gasteiger partial charge in [0.05, 0.1) is 30.6 Å². The minimum atomic E-state index is -2.24. The van der Waals surface area contributed by atoms with Gasteiger partial charge in [-0.2, -0.15) is 11.3 Å². The second-order valence-corrected chi connectivity index (χ2v) is 18.6. The van der Waals surface area contributed by atoms with Crippen LogP contribution >= 0.6 is 11.3 Å². The van der Waals surface area contributed by atoms with Gasteiger partial charge in [-0.15, -0.1) is 53.1 Å². The van der Waals surface area contributed by atoms with E-state index in [0.29, 0.717) is 11.1 Å². The molecule has 4 aromatic heterocycles. The Morgan fingerprint density at radius 2 is 1.65 bits per heavy atom. The van der Waals surface area contributed by atoms with Crippen LogP contribution in [0.1, 0.15) is 25.0 Å². The summed E-state index contributed by atoms with van der Waals surface area (Å²) in [6, 6.07) is 36.8. The predicted octanol–water partition coefficient (Wildman–Crippen LogP) is 10.3. The smallest absolute Gasteiger partial charge is 0.0851 e. The van der Waals surface area contributed by atoms with Crippen molar-refractivity contribution in [2.45, 2.75) is 40.3 Å². The summed E-state index contributed by atoms with van der Waals surface area (Å²) >= 11 is 1.58. The van der Waals surface area contributed by atoms with E-state index >= 15 is 0 Å². The van der Waals surface area contributed by atoms with E-state index in [0.717, 1.165) is 65.2 Å². The molecule has 4 aromatic carbocycles. The summed E-state index contributed by atoms with van der Waals surface area (Å²) in [5, 5.41) is 3.00. The van der Waals surface area contributed by atoms with Crippen LogP contribution in [0.2, 0.25) is 19.6 Å². The Labute approximate surface area is 309 Å². The summed E-state index contributed by atoms with van der Waals surface area (Å²) in [5.74, 6) is 0.723. The van der Waals surface area contributed by atoms with Crippen LogP contribution in [0.4, 0.5) is 0 Å². The summed E-state index contributed by atoms with van der Waals surface area (Å²) in [7, 11) is -1.34. The molecule has 0 saturated carbocycles. The zero-order valence-corrected chi connectivity index (χ0v) is 31.1. The van der Waals surface area contributed by atoms with Gasteiger partial charge in [-0.3, -0.25) is 9.97 Å². The van der Waals surface area contributed by atoms with Crippen molar-refractivity contribution in [2.24, 2.45) is 0 Å². The molecule has 7 heteroatoms. The minimum Gasteiger partial charge on any atom is -0.332 e. The maximum Gasteiger partial charge on any atom is 0.0851 e. The summed E-state index contributed by atoms with van der Waals surface area (Å²) in [6.07, 6.45) is 3.69. The van der Waals surface area contributed by atoms with Crippen molar-refractivity contribution in [2.75, 3.05) is 0 Å². The number of hydrogen-bond acceptors (Lipinski definition) is 4. The molecule has 1 radical (unpaired) electrons. The van der Waals surface area contributed by atoms with Crippen molar-refractivity contribution < 1.29 is 28.3 Å². The van der Waals surface area contributed by atoms with Crippen LogP contribution < -0.4 is 5.19 Å². The zero-order valence-electron chi connectivity index (χ0n) is 32.9. The van der Waals surface area contributed by atoms with E-state index in [-0.39, 0.29) is 20.1 Å². The van der Waals surface area contributed by atoms with Gasteiger partial charge in [0.1, 0.15) is 0 Å². The van der Waals surface area contributed by atoms with Gasteiger partial charge in [-0.25, -0.2) is 0 Å². The number of hydrogen-bond donors (Lipinski definition) is 0. The van der Waals surface area contributed by atoms with E-state index in [4.69, 9.17) is 13.2 Å². The monoisotopic (exact) mass is 843 g/mol. The Kier molecular flexibility index (Phi) is 7.61. The van der Waals surface area contributed by atoms with Crippen molar-refractivity contribution >= 4 is 55.8 Å². The third-order valence-corrected chi connectivity index (χ3v) is 11.4. The number of thiophene rings is 1. The van der Waals surface area contributed by atoms with Crippen LogP contribution in [0.15, 0.2) is 109 Å². The van der Waals surface area contributed by atoms with E-state index in [9.17, 15) is 0 Å². The molecule has 4 heterocycles. The SMILES string of the molecule is [2H]C([2H])([2H])c1c[c-]c(-c2ccc([Si](C)(C)C)cn2)cc1.[2H]C([2H])([2H])c1c[c-]c(-c2nc3ccnc(C)c3n2-c2ccccc2)c2sc3ccccc3c12.[Ir]. The molecular formula is C41H36IrN4SSi-2. The molecule has 0 aliphatic rings. The number of benzene rings is 4. The van der Waals surface area contributed by atoms with Crippen LogP contribution in [0, 0.1) is 32.8 Å². The molecule has 0 unspecified atom stereocenters. The molecule has 0 atom stereocenters. The summed E-state index contributed by atoms with van der Waals surface area (Å²) in [5.41, 5.74) is 6.67. The van der Waals surface area contributed by atoms with Crippen molar-refractivity contribution in [1.29, 1.82) is 0 Å². The molecular weight excluding hydrogens is 801 g/mol. The maximum atomic E-state index is 8.13. The molecule has 0 N–H and O–H groups in total. The molecule has 0 saturated heterocycles. The number of nitrogens with zero attached hydrogens (tertiary/aromatic N) is 4. The average Bonchev–Trinajstić information content (AvgIpc) is 3.71. The molecule has 241 valence electrons. The predicted molar refractivity (Wildman–Crippen MR) is 202 cm³/mol. The van der Waals surface area contributed by atoms with Crippen LogP contribution in [0.3, 0.4) is 0 Å². The van der Waals surface area contributed by atoms with Gasteiger partial charge < -0.3 is 9.55 Å². The van der Waals surface area contributed by atoms with Crippen LogP contribution in [-0.2, 0) is 20.1 Å². The Bertz CT molecular complexity index is 2520. The molecule has 4 nitrogen and oxygen atoms in total. The summed E-state index contributed by atoms with van der Waals surface area (Å²) in [4.78, 5) is 14.0. The fourth-order valence-corrected chi connectivity index (χ4v) is 7.95. The molecule has 0 amide bonds. The van der Waals surface area contributed by atoms with E-state index in [1.54, 1.807) is 35.7 Å². The molecule has 48 heavy (non-hydrogen) atoms. The van der Waals surface area contributed by atoms with Crippen LogP contribution in [-0.4, -0.2) is 27.6 Å². The van der Waals surface area contributed by atoms with E-state index in [1.807, 2.05) is 79.9 Å². The van der Waals surface area contributed by atoms with Gasteiger partial charge >= 0.3 is 0 Å². The number of rotatable bonds is 4. The normalized spacial score (nSPS) is 13.8. The van der Waals surface area contributed by atoms with Crippen LogP contribution in [0.25, 0.3) is 59.5 Å². The standard InChI is InChI=1S/C26H18N3S.C15H18NSi.Ir/c1-16-12-13-20(25-23(16)19-10-6-7-11-22(19)30-25)26-28-21-14-15-27-17(2)24(21)29(26)18-8-4-3-5-9-18;1-12-5-7-13(8-6-12)15-10-9-14(11-16-15)17(2,3)4;/h3-12,14-15H,1-2H3;5-7,9-11H,1-4H3;/q2*-1;/i2*1D3;. The number of aromatic nitrogens is 4. The molecule has 0 bridgehead atoms. The second kappa shape index (κ2) is 13.7. The minimum absolute atomic E-state index is 0. The molecule has 0 fully saturated rings. The van der Waals surface area contributed by atoms with Gasteiger partial charge in [-0.1, -0.05) is 92.8 Å². The Balaban J connectivity index is 0.000000205. The zero-order chi connectivity index (χ0) is 37.7. The average molecular weight is 843 g/mol. The van der Waals surface area contributed by atoms with Crippen molar-refractivity contribution in [3.05, 3.63) is 138 Å². The first-order chi connectivity index (χ1) is 25.1. The third-order valence-electron chi connectivity index (χ3n) is 8.16. The molecule has 0 aliphatic heterocycles. The van der Waals surface area contributed by atoms with Gasteiger partial charge in [0.25, 0.3) is 0 Å². The van der Waals surface area contributed by atoms with E-state index in [1.165, 1.54) is 11.3 Å².